The van der Waals surface area contributed by atoms with Gasteiger partial charge in [-0.25, -0.2) is 0 Å². The Labute approximate surface area is 76.2 Å². The summed E-state index contributed by atoms with van der Waals surface area (Å²) < 4.78 is 0. The van der Waals surface area contributed by atoms with Crippen LogP contribution in [0.1, 0.15) is 52.9 Å². The quantitative estimate of drug-likeness (QED) is 0.690. The predicted molar refractivity (Wildman–Crippen MR) is 52.0 cm³/mol. The highest BCUT2D eigenvalue weighted by Gasteiger charge is 2.33. The molecule has 0 amide bonds. The van der Waals surface area contributed by atoms with Crippen molar-refractivity contribution in [2.24, 2.45) is 11.3 Å². The molecule has 1 heteroatoms. The van der Waals surface area contributed by atoms with Gasteiger partial charge in [-0.3, -0.25) is 0 Å². The Morgan fingerprint density at radius 2 is 2.17 bits per heavy atom. The monoisotopic (exact) mass is 170 g/mol. The van der Waals surface area contributed by atoms with Crippen LogP contribution in [0.4, 0.5) is 0 Å². The van der Waals surface area contributed by atoms with Crippen LogP contribution in [0.15, 0.2) is 0 Å². The van der Waals surface area contributed by atoms with Gasteiger partial charge in [-0.1, -0.05) is 27.2 Å². The summed E-state index contributed by atoms with van der Waals surface area (Å²) >= 11 is 0. The van der Waals surface area contributed by atoms with Gasteiger partial charge in [0.1, 0.15) is 0 Å². The summed E-state index contributed by atoms with van der Waals surface area (Å²) in [5.74, 6) is 0.805. The van der Waals surface area contributed by atoms with Crippen molar-refractivity contribution in [3.8, 4) is 0 Å². The Kier molecular flexibility index (Phi) is 3.16. The van der Waals surface area contributed by atoms with Crippen LogP contribution in [0.3, 0.4) is 0 Å². The van der Waals surface area contributed by atoms with Crippen molar-refractivity contribution in [3.05, 3.63) is 0 Å². The van der Waals surface area contributed by atoms with Crippen molar-refractivity contribution < 1.29 is 5.11 Å². The zero-order valence-corrected chi connectivity index (χ0v) is 8.64. The lowest BCUT2D eigenvalue weighted by Crippen LogP contribution is -2.14. The van der Waals surface area contributed by atoms with Crippen molar-refractivity contribution >= 4 is 0 Å². The van der Waals surface area contributed by atoms with Crippen molar-refractivity contribution in [2.45, 2.75) is 59.0 Å². The van der Waals surface area contributed by atoms with E-state index >= 15 is 0 Å². The van der Waals surface area contributed by atoms with Gasteiger partial charge in [0.25, 0.3) is 0 Å². The molecule has 0 heterocycles. The first-order valence-corrected chi connectivity index (χ1v) is 5.20. The van der Waals surface area contributed by atoms with Crippen molar-refractivity contribution in [1.82, 2.24) is 0 Å². The normalized spacial score (nSPS) is 36.2. The van der Waals surface area contributed by atoms with E-state index in [9.17, 15) is 5.11 Å². The van der Waals surface area contributed by atoms with E-state index in [-0.39, 0.29) is 6.10 Å². The molecule has 1 nitrogen and oxygen atoms in total. The third kappa shape index (κ3) is 2.78. The number of aliphatic hydroxyl groups excluding tert-OH is 1. The van der Waals surface area contributed by atoms with Gasteiger partial charge in [-0.05, 0) is 37.0 Å². The lowest BCUT2D eigenvalue weighted by molar-refractivity contribution is 0.158. The van der Waals surface area contributed by atoms with E-state index in [0.717, 1.165) is 18.8 Å². The Balaban J connectivity index is 2.30. The van der Waals surface area contributed by atoms with Gasteiger partial charge in [0.15, 0.2) is 0 Å². The minimum atomic E-state index is -0.0119. The van der Waals surface area contributed by atoms with E-state index in [1.165, 1.54) is 19.3 Å². The highest BCUT2D eigenvalue weighted by molar-refractivity contribution is 4.85. The Morgan fingerprint density at radius 3 is 2.58 bits per heavy atom. The van der Waals surface area contributed by atoms with Crippen LogP contribution in [0.2, 0.25) is 0 Å². The lowest BCUT2D eigenvalue weighted by Gasteiger charge is -2.24. The zero-order valence-electron chi connectivity index (χ0n) is 8.64. The van der Waals surface area contributed by atoms with Gasteiger partial charge in [0.05, 0.1) is 6.10 Å². The molecule has 2 unspecified atom stereocenters. The molecule has 1 aliphatic rings. The highest BCUT2D eigenvalue weighted by Crippen LogP contribution is 2.42. The summed E-state index contributed by atoms with van der Waals surface area (Å²) in [6.07, 6.45) is 5.86. The molecule has 1 N–H and O–H groups in total. The molecule has 0 spiro atoms. The van der Waals surface area contributed by atoms with E-state index in [0.29, 0.717) is 5.41 Å². The van der Waals surface area contributed by atoms with Gasteiger partial charge < -0.3 is 5.11 Å². The molecule has 0 aliphatic heterocycles. The average Bonchev–Trinajstić information content (AvgIpc) is 2.29. The van der Waals surface area contributed by atoms with Crippen LogP contribution in [0.25, 0.3) is 0 Å². The summed E-state index contributed by atoms with van der Waals surface area (Å²) in [6, 6.07) is 0. The van der Waals surface area contributed by atoms with Crippen LogP contribution in [-0.4, -0.2) is 11.2 Å². The largest absolute Gasteiger partial charge is 0.393 e. The molecule has 72 valence electrons. The Morgan fingerprint density at radius 1 is 1.50 bits per heavy atom. The predicted octanol–water partition coefficient (Wildman–Crippen LogP) is 2.97. The van der Waals surface area contributed by atoms with Gasteiger partial charge in [0, 0.05) is 0 Å². The van der Waals surface area contributed by atoms with Crippen molar-refractivity contribution in [2.75, 3.05) is 0 Å². The van der Waals surface area contributed by atoms with Crippen LogP contribution < -0.4 is 0 Å². The Hall–Kier alpha value is -0.0400. The first kappa shape index (κ1) is 10.0. The van der Waals surface area contributed by atoms with Crippen molar-refractivity contribution in [3.63, 3.8) is 0 Å². The number of hydrogen-bond acceptors (Lipinski definition) is 1. The van der Waals surface area contributed by atoms with Crippen molar-refractivity contribution in [1.29, 1.82) is 0 Å². The molecule has 0 aromatic rings. The number of aliphatic hydroxyl groups is 1. The molecule has 1 fully saturated rings. The summed E-state index contributed by atoms with van der Waals surface area (Å²) in [5, 5.41) is 9.43. The summed E-state index contributed by atoms with van der Waals surface area (Å²) in [7, 11) is 0. The summed E-state index contributed by atoms with van der Waals surface area (Å²) in [6.45, 7) is 6.87. The van der Waals surface area contributed by atoms with Gasteiger partial charge in [0.2, 0.25) is 0 Å². The third-order valence-corrected chi connectivity index (χ3v) is 3.13. The fourth-order valence-corrected chi connectivity index (χ4v) is 2.15. The van der Waals surface area contributed by atoms with E-state index in [2.05, 4.69) is 20.8 Å². The molecule has 0 aromatic carbocycles. The summed E-state index contributed by atoms with van der Waals surface area (Å²) in [5.41, 5.74) is 0.448. The van der Waals surface area contributed by atoms with E-state index in [1.807, 2.05) is 0 Å². The molecule has 1 rings (SSSR count). The second-order valence-electron chi connectivity index (χ2n) is 5.14. The first-order chi connectivity index (χ1) is 5.52. The minimum absolute atomic E-state index is 0.0119. The fourth-order valence-electron chi connectivity index (χ4n) is 2.15. The number of hydrogen-bond donors (Lipinski definition) is 1. The molecule has 12 heavy (non-hydrogen) atoms. The molecule has 0 radical (unpaired) electrons. The maximum absolute atomic E-state index is 9.43. The fraction of sp³-hybridized carbons (Fsp3) is 1.00. The van der Waals surface area contributed by atoms with Crippen LogP contribution in [0, 0.1) is 11.3 Å². The van der Waals surface area contributed by atoms with Crippen LogP contribution >= 0.6 is 0 Å². The van der Waals surface area contributed by atoms with Gasteiger partial charge >= 0.3 is 0 Å². The third-order valence-electron chi connectivity index (χ3n) is 3.13. The lowest BCUT2D eigenvalue weighted by atomic mass is 9.82. The van der Waals surface area contributed by atoms with E-state index < -0.39 is 0 Å². The average molecular weight is 170 g/mol. The maximum atomic E-state index is 9.43. The highest BCUT2D eigenvalue weighted by atomic mass is 16.3. The zero-order chi connectivity index (χ0) is 9.19. The maximum Gasteiger partial charge on any atom is 0.0545 e. The molecule has 0 aromatic heterocycles. The van der Waals surface area contributed by atoms with Gasteiger partial charge in [-0.15, -0.1) is 0 Å². The molecule has 0 bridgehead atoms. The standard InChI is InChI=1S/C11H22O/c1-9(2)4-6-11(3)7-5-10(12)8-11/h9-10,12H,4-8H2,1-3H3. The number of rotatable bonds is 3. The molecule has 2 atom stereocenters. The topological polar surface area (TPSA) is 20.2 Å². The SMILES string of the molecule is CC(C)CCC1(C)CCC(O)C1. The molecular formula is C11H22O. The minimum Gasteiger partial charge on any atom is -0.393 e. The molecule has 0 saturated heterocycles. The van der Waals surface area contributed by atoms with Gasteiger partial charge in [-0.2, -0.15) is 0 Å². The molecule has 1 aliphatic carbocycles. The van der Waals surface area contributed by atoms with E-state index in [4.69, 9.17) is 0 Å². The first-order valence-electron chi connectivity index (χ1n) is 5.20. The summed E-state index contributed by atoms with van der Waals surface area (Å²) in [4.78, 5) is 0. The van der Waals surface area contributed by atoms with Crippen LogP contribution in [-0.2, 0) is 0 Å². The molecule has 1 saturated carbocycles. The van der Waals surface area contributed by atoms with E-state index in [1.54, 1.807) is 0 Å². The van der Waals surface area contributed by atoms with Crippen LogP contribution in [0.5, 0.6) is 0 Å². The smallest absolute Gasteiger partial charge is 0.0545 e. The second kappa shape index (κ2) is 3.78. The Bertz CT molecular complexity index is 142. The molecular weight excluding hydrogens is 148 g/mol. The second-order valence-corrected chi connectivity index (χ2v) is 5.14.